The zero-order chi connectivity index (χ0) is 44.8. The summed E-state index contributed by atoms with van der Waals surface area (Å²) in [6, 6.07) is 68.7. The maximum atomic E-state index is 14.0. The molecule has 0 aliphatic rings. The van der Waals surface area contributed by atoms with E-state index in [1.54, 1.807) is 13.0 Å². The molecule has 5 nitrogen and oxygen atoms in total. The van der Waals surface area contributed by atoms with E-state index in [1.807, 2.05) is 170 Å². The average molecular weight is 862 g/mol. The van der Waals surface area contributed by atoms with E-state index in [0.717, 1.165) is 83.6 Å². The van der Waals surface area contributed by atoms with Crippen molar-refractivity contribution in [2.75, 3.05) is 0 Å². The molecule has 11 aromatic rings. The highest BCUT2D eigenvalue weighted by Gasteiger charge is 2.31. The van der Waals surface area contributed by atoms with Crippen molar-refractivity contribution in [3.05, 3.63) is 223 Å². The van der Waals surface area contributed by atoms with Crippen LogP contribution in [-0.2, 0) is 6.18 Å². The van der Waals surface area contributed by atoms with Crippen LogP contribution in [0.25, 0.3) is 106 Å². The van der Waals surface area contributed by atoms with E-state index in [0.29, 0.717) is 28.3 Å². The van der Waals surface area contributed by atoms with Crippen LogP contribution in [0.5, 0.6) is 0 Å². The van der Waals surface area contributed by atoms with Gasteiger partial charge in [-0.25, -0.2) is 19.9 Å². The number of hydrogen-bond donors (Lipinski definition) is 0. The largest absolute Gasteiger partial charge is 0.416 e. The molecular weight excluding hydrogens is 824 g/mol. The number of hydrogen-bond acceptors (Lipinski definition) is 4. The van der Waals surface area contributed by atoms with Gasteiger partial charge in [0.2, 0.25) is 0 Å². The highest BCUT2D eigenvalue weighted by molar-refractivity contribution is 6.11. The maximum absolute atomic E-state index is 14.0. The summed E-state index contributed by atoms with van der Waals surface area (Å²) < 4.78 is 44.3. The molecule has 0 saturated heterocycles. The van der Waals surface area contributed by atoms with Crippen molar-refractivity contribution in [3.63, 3.8) is 0 Å². The molecule has 0 amide bonds. The quantitative estimate of drug-likeness (QED) is 0.153. The topological polar surface area (TPSA) is 56.5 Å². The fourth-order valence-electron chi connectivity index (χ4n) is 8.75. The second kappa shape index (κ2) is 16.6. The molecule has 0 unspecified atom stereocenters. The number of benzene rings is 8. The Kier molecular flexibility index (Phi) is 10.1. The zero-order valence-electron chi connectivity index (χ0n) is 35.6. The van der Waals surface area contributed by atoms with Gasteiger partial charge in [-0.3, -0.25) is 0 Å². The Balaban J connectivity index is 1.18. The van der Waals surface area contributed by atoms with Gasteiger partial charge in [0, 0.05) is 44.2 Å². The van der Waals surface area contributed by atoms with E-state index >= 15 is 0 Å². The van der Waals surface area contributed by atoms with Crippen molar-refractivity contribution in [2.45, 2.75) is 13.1 Å². The van der Waals surface area contributed by atoms with Crippen molar-refractivity contribution < 1.29 is 13.2 Å². The van der Waals surface area contributed by atoms with Gasteiger partial charge in [-0.05, 0) is 84.3 Å². The first-order valence-corrected chi connectivity index (χ1v) is 21.6. The summed E-state index contributed by atoms with van der Waals surface area (Å²) in [5.41, 5.74) is 12.0. The zero-order valence-corrected chi connectivity index (χ0v) is 35.6. The fraction of sp³-hybridized carbons (Fsp3) is 0.0345. The van der Waals surface area contributed by atoms with Gasteiger partial charge >= 0.3 is 6.18 Å². The van der Waals surface area contributed by atoms with E-state index in [2.05, 4.69) is 28.8 Å². The van der Waals surface area contributed by atoms with Gasteiger partial charge < -0.3 is 4.57 Å². The Bertz CT molecular complexity index is 3460. The predicted octanol–water partition coefficient (Wildman–Crippen LogP) is 15.4. The van der Waals surface area contributed by atoms with Crippen LogP contribution in [0, 0.1) is 6.92 Å². The third kappa shape index (κ3) is 7.68. The summed E-state index contributed by atoms with van der Waals surface area (Å²) in [5, 5.41) is 1.84. The standard InChI is InChI=1S/C58H38F3N5/c1-37-30-44(32-45(31-37)58(59,60)61)42-26-28-54-47(33-42)46-24-14-15-25-53(46)66(54)55-29-27-43(56-62-49(38-16-6-2-7-17-38)35-50(63-56)39-18-8-3-9-19-39)34-48(55)57-64-51(40-20-10-4-11-21-40)36-52(65-57)41-22-12-5-13-23-41/h2-36H,1H3. The Morgan fingerprint density at radius 1 is 0.364 bits per heavy atom. The molecule has 8 aromatic carbocycles. The molecule has 0 spiro atoms. The van der Waals surface area contributed by atoms with E-state index in [1.165, 1.54) is 12.1 Å². The van der Waals surface area contributed by atoms with Gasteiger partial charge in [0.25, 0.3) is 0 Å². The minimum absolute atomic E-state index is 0.497. The van der Waals surface area contributed by atoms with Gasteiger partial charge in [-0.2, -0.15) is 13.2 Å². The molecule has 0 aliphatic heterocycles. The first kappa shape index (κ1) is 40.3. The van der Waals surface area contributed by atoms with Crippen LogP contribution >= 0.6 is 0 Å². The fourth-order valence-corrected chi connectivity index (χ4v) is 8.75. The van der Waals surface area contributed by atoms with Crippen molar-refractivity contribution in [3.8, 4) is 84.6 Å². The first-order chi connectivity index (χ1) is 32.2. The minimum Gasteiger partial charge on any atom is -0.309 e. The Labute approximate surface area is 379 Å². The number of halogens is 3. The van der Waals surface area contributed by atoms with Crippen LogP contribution in [-0.4, -0.2) is 24.5 Å². The number of rotatable bonds is 8. The van der Waals surface area contributed by atoms with Crippen LogP contribution in [0.1, 0.15) is 11.1 Å². The number of para-hydroxylation sites is 1. The number of alkyl halides is 3. The maximum Gasteiger partial charge on any atom is 0.416 e. The molecule has 316 valence electrons. The molecule has 0 saturated carbocycles. The number of aromatic nitrogens is 5. The van der Waals surface area contributed by atoms with Crippen molar-refractivity contribution in [1.82, 2.24) is 24.5 Å². The molecule has 0 bridgehead atoms. The Morgan fingerprint density at radius 2 is 0.833 bits per heavy atom. The first-order valence-electron chi connectivity index (χ1n) is 21.6. The molecule has 3 aromatic heterocycles. The number of aryl methyl sites for hydroxylation is 1. The van der Waals surface area contributed by atoms with Crippen LogP contribution in [0.15, 0.2) is 212 Å². The van der Waals surface area contributed by atoms with E-state index in [9.17, 15) is 13.2 Å². The Morgan fingerprint density at radius 3 is 1.36 bits per heavy atom. The second-order valence-corrected chi connectivity index (χ2v) is 16.3. The smallest absolute Gasteiger partial charge is 0.309 e. The van der Waals surface area contributed by atoms with Crippen LogP contribution in [0.3, 0.4) is 0 Å². The van der Waals surface area contributed by atoms with Gasteiger partial charge in [0.05, 0.1) is 45.1 Å². The molecule has 0 N–H and O–H groups in total. The normalized spacial score (nSPS) is 11.6. The minimum atomic E-state index is -4.47. The summed E-state index contributed by atoms with van der Waals surface area (Å²) in [5.74, 6) is 1.03. The lowest BCUT2D eigenvalue weighted by Crippen LogP contribution is -2.05. The molecule has 11 rings (SSSR count). The molecule has 3 heterocycles. The van der Waals surface area contributed by atoms with Crippen LogP contribution in [0.2, 0.25) is 0 Å². The summed E-state index contributed by atoms with van der Waals surface area (Å²) in [6.45, 7) is 1.69. The van der Waals surface area contributed by atoms with Gasteiger partial charge in [-0.15, -0.1) is 0 Å². The summed E-state index contributed by atoms with van der Waals surface area (Å²) in [7, 11) is 0. The van der Waals surface area contributed by atoms with Crippen molar-refractivity contribution in [1.29, 1.82) is 0 Å². The third-order valence-corrected chi connectivity index (χ3v) is 11.9. The van der Waals surface area contributed by atoms with E-state index < -0.39 is 11.7 Å². The highest BCUT2D eigenvalue weighted by Crippen LogP contribution is 2.41. The van der Waals surface area contributed by atoms with E-state index in [-0.39, 0.29) is 0 Å². The molecule has 0 radical (unpaired) electrons. The monoisotopic (exact) mass is 861 g/mol. The summed E-state index contributed by atoms with van der Waals surface area (Å²) in [4.78, 5) is 21.0. The third-order valence-electron chi connectivity index (χ3n) is 11.9. The SMILES string of the molecule is Cc1cc(-c2ccc3c(c2)c2ccccc2n3-c2ccc(-c3nc(-c4ccccc4)cc(-c4ccccc4)n3)cc2-c2nc(-c3ccccc3)cc(-c3ccccc3)n2)cc(C(F)(F)F)c1. The van der Waals surface area contributed by atoms with Gasteiger partial charge in [0.1, 0.15) is 0 Å². The molecule has 8 heteroatoms. The van der Waals surface area contributed by atoms with Gasteiger partial charge in [0.15, 0.2) is 11.6 Å². The van der Waals surface area contributed by atoms with Crippen LogP contribution < -0.4 is 0 Å². The van der Waals surface area contributed by atoms with Gasteiger partial charge in [-0.1, -0.05) is 152 Å². The van der Waals surface area contributed by atoms with Crippen LogP contribution in [0.4, 0.5) is 13.2 Å². The molecule has 0 fully saturated rings. The van der Waals surface area contributed by atoms with Crippen molar-refractivity contribution in [2.24, 2.45) is 0 Å². The number of fused-ring (bicyclic) bond motifs is 3. The lowest BCUT2D eigenvalue weighted by atomic mass is 9.98. The average Bonchev–Trinajstić information content (AvgIpc) is 3.70. The van der Waals surface area contributed by atoms with Crippen molar-refractivity contribution >= 4 is 21.8 Å². The Hall–Kier alpha value is -8.49. The van der Waals surface area contributed by atoms with E-state index in [4.69, 9.17) is 19.9 Å². The molecule has 0 aliphatic carbocycles. The lowest BCUT2D eigenvalue weighted by molar-refractivity contribution is -0.137. The molecule has 0 atom stereocenters. The summed E-state index contributed by atoms with van der Waals surface area (Å²) in [6.07, 6.45) is -4.47. The summed E-state index contributed by atoms with van der Waals surface area (Å²) >= 11 is 0. The molecular formula is C58H38F3N5. The predicted molar refractivity (Wildman–Crippen MR) is 260 cm³/mol. The number of nitrogens with zero attached hydrogens (tertiary/aromatic N) is 5. The molecule has 66 heavy (non-hydrogen) atoms. The highest BCUT2D eigenvalue weighted by atomic mass is 19.4. The lowest BCUT2D eigenvalue weighted by Gasteiger charge is -2.17. The second-order valence-electron chi connectivity index (χ2n) is 16.3.